The molecule has 0 amide bonds. The van der Waals surface area contributed by atoms with Crippen LogP contribution in [-0.4, -0.2) is 26.4 Å². The molecule has 2 aromatic carbocycles. The fourth-order valence-corrected chi connectivity index (χ4v) is 2.93. The molecule has 27 heavy (non-hydrogen) atoms. The van der Waals surface area contributed by atoms with Crippen molar-refractivity contribution < 1.29 is 9.90 Å². The number of hydrogen-bond donors (Lipinski definition) is 2. The maximum Gasteiger partial charge on any atom is 0.356 e. The van der Waals surface area contributed by atoms with E-state index < -0.39 is 5.97 Å². The minimum absolute atomic E-state index is 0.0422. The second kappa shape index (κ2) is 7.55. The SMILES string of the molecule is CC(C)(C)NCc1c(C(=O)O)nn(-c2ccc(Cl)cc2)c1-c1ccccc1. The van der Waals surface area contributed by atoms with Gasteiger partial charge in [0.25, 0.3) is 0 Å². The number of aromatic carboxylic acids is 1. The monoisotopic (exact) mass is 383 g/mol. The van der Waals surface area contributed by atoms with Crippen LogP contribution >= 0.6 is 11.6 Å². The van der Waals surface area contributed by atoms with Gasteiger partial charge in [-0.25, -0.2) is 9.48 Å². The predicted octanol–water partition coefficient (Wildman–Crippen LogP) is 4.78. The lowest BCUT2D eigenvalue weighted by molar-refractivity contribution is 0.0688. The predicted molar refractivity (Wildman–Crippen MR) is 108 cm³/mol. The maximum atomic E-state index is 11.9. The van der Waals surface area contributed by atoms with Crippen molar-refractivity contribution in [1.82, 2.24) is 15.1 Å². The van der Waals surface area contributed by atoms with Gasteiger partial charge in [0.2, 0.25) is 0 Å². The molecule has 0 aliphatic rings. The summed E-state index contributed by atoms with van der Waals surface area (Å²) >= 11 is 6.01. The van der Waals surface area contributed by atoms with Gasteiger partial charge in [-0.05, 0) is 45.0 Å². The smallest absolute Gasteiger partial charge is 0.356 e. The van der Waals surface area contributed by atoms with E-state index in [0.29, 0.717) is 17.1 Å². The first-order valence-corrected chi connectivity index (χ1v) is 9.05. The molecule has 0 radical (unpaired) electrons. The fourth-order valence-electron chi connectivity index (χ4n) is 2.80. The molecule has 0 spiro atoms. The van der Waals surface area contributed by atoms with Crippen molar-refractivity contribution in [3.8, 4) is 16.9 Å². The van der Waals surface area contributed by atoms with Crippen molar-refractivity contribution in [2.75, 3.05) is 0 Å². The molecule has 0 saturated heterocycles. The summed E-state index contributed by atoms with van der Waals surface area (Å²) in [6, 6.07) is 16.9. The standard InChI is InChI=1S/C21H22ClN3O2/c1-21(2,3)23-13-17-18(20(26)27)24-25(16-11-9-15(22)10-12-16)19(17)14-7-5-4-6-8-14/h4-12,23H,13H2,1-3H3,(H,26,27). The Morgan fingerprint density at radius 1 is 1.11 bits per heavy atom. The number of halogens is 1. The first-order chi connectivity index (χ1) is 12.8. The minimum atomic E-state index is -1.05. The van der Waals surface area contributed by atoms with E-state index in [1.165, 1.54) is 0 Å². The van der Waals surface area contributed by atoms with Crippen LogP contribution in [-0.2, 0) is 6.54 Å². The molecule has 1 aromatic heterocycles. The average Bonchev–Trinajstić information content (AvgIpc) is 3.00. The Hall–Kier alpha value is -2.63. The minimum Gasteiger partial charge on any atom is -0.476 e. The van der Waals surface area contributed by atoms with Crippen LogP contribution in [0.3, 0.4) is 0 Å². The van der Waals surface area contributed by atoms with Crippen molar-refractivity contribution >= 4 is 17.6 Å². The van der Waals surface area contributed by atoms with Crippen molar-refractivity contribution in [1.29, 1.82) is 0 Å². The van der Waals surface area contributed by atoms with Gasteiger partial charge in [0.05, 0.1) is 11.4 Å². The van der Waals surface area contributed by atoms with E-state index in [2.05, 4.69) is 10.4 Å². The summed E-state index contributed by atoms with van der Waals surface area (Å²) in [5, 5.41) is 18.2. The van der Waals surface area contributed by atoms with Gasteiger partial charge in [-0.3, -0.25) is 0 Å². The van der Waals surface area contributed by atoms with E-state index in [4.69, 9.17) is 11.6 Å². The van der Waals surface area contributed by atoms with Gasteiger partial charge in [0, 0.05) is 28.2 Å². The third-order valence-electron chi connectivity index (χ3n) is 4.10. The fraction of sp³-hybridized carbons (Fsp3) is 0.238. The summed E-state index contributed by atoms with van der Waals surface area (Å²) in [5.74, 6) is -1.05. The lowest BCUT2D eigenvalue weighted by atomic mass is 10.0. The highest BCUT2D eigenvalue weighted by molar-refractivity contribution is 6.30. The topological polar surface area (TPSA) is 67.2 Å². The number of rotatable bonds is 5. The van der Waals surface area contributed by atoms with Crippen LogP contribution in [0.1, 0.15) is 36.8 Å². The molecule has 0 saturated carbocycles. The van der Waals surface area contributed by atoms with Crippen molar-refractivity contribution in [3.63, 3.8) is 0 Å². The molecule has 0 bridgehead atoms. The molecular formula is C21H22ClN3O2. The first kappa shape index (κ1) is 19.1. The van der Waals surface area contributed by atoms with Crippen LogP contribution in [0.15, 0.2) is 54.6 Å². The zero-order valence-electron chi connectivity index (χ0n) is 15.5. The Labute approximate surface area is 163 Å². The number of carbonyl (C=O) groups is 1. The second-order valence-electron chi connectivity index (χ2n) is 7.34. The molecule has 0 fully saturated rings. The molecule has 2 N–H and O–H groups in total. The molecule has 0 aliphatic heterocycles. The van der Waals surface area contributed by atoms with Crippen LogP contribution in [0.4, 0.5) is 0 Å². The van der Waals surface area contributed by atoms with E-state index in [1.54, 1.807) is 16.8 Å². The number of benzene rings is 2. The van der Waals surface area contributed by atoms with Crippen LogP contribution in [0, 0.1) is 0 Å². The van der Waals surface area contributed by atoms with Crippen LogP contribution in [0.2, 0.25) is 5.02 Å². The van der Waals surface area contributed by atoms with E-state index in [9.17, 15) is 9.90 Å². The Balaban J connectivity index is 2.23. The molecule has 3 aromatic rings. The van der Waals surface area contributed by atoms with Crippen LogP contribution in [0.5, 0.6) is 0 Å². The van der Waals surface area contributed by atoms with Crippen LogP contribution in [0.25, 0.3) is 16.9 Å². The summed E-state index contributed by atoms with van der Waals surface area (Å²) in [5.41, 5.74) is 2.94. The highest BCUT2D eigenvalue weighted by atomic mass is 35.5. The number of nitrogens with zero attached hydrogens (tertiary/aromatic N) is 2. The van der Waals surface area contributed by atoms with E-state index in [0.717, 1.165) is 16.9 Å². The number of aromatic nitrogens is 2. The molecule has 0 unspecified atom stereocenters. The molecule has 1 heterocycles. The van der Waals surface area contributed by atoms with E-state index in [1.807, 2.05) is 63.2 Å². The second-order valence-corrected chi connectivity index (χ2v) is 7.78. The number of hydrogen-bond acceptors (Lipinski definition) is 3. The molecule has 6 heteroatoms. The Morgan fingerprint density at radius 3 is 2.30 bits per heavy atom. The number of nitrogens with one attached hydrogen (secondary N) is 1. The number of carboxylic acid groups (broad SMARTS) is 1. The summed E-state index contributed by atoms with van der Waals surface area (Å²) in [6.45, 7) is 6.51. The summed E-state index contributed by atoms with van der Waals surface area (Å²) in [4.78, 5) is 11.9. The van der Waals surface area contributed by atoms with Crippen molar-refractivity contribution in [2.24, 2.45) is 0 Å². The van der Waals surface area contributed by atoms with Gasteiger partial charge in [0.1, 0.15) is 0 Å². The van der Waals surface area contributed by atoms with Crippen molar-refractivity contribution in [3.05, 3.63) is 70.9 Å². The van der Waals surface area contributed by atoms with Gasteiger partial charge < -0.3 is 10.4 Å². The van der Waals surface area contributed by atoms with E-state index in [-0.39, 0.29) is 11.2 Å². The lowest BCUT2D eigenvalue weighted by Gasteiger charge is -2.21. The Bertz CT molecular complexity index is 942. The summed E-state index contributed by atoms with van der Waals surface area (Å²) in [6.07, 6.45) is 0. The zero-order valence-corrected chi connectivity index (χ0v) is 16.3. The molecule has 140 valence electrons. The van der Waals surface area contributed by atoms with Gasteiger partial charge in [-0.1, -0.05) is 41.9 Å². The number of carboxylic acids is 1. The normalized spacial score (nSPS) is 11.6. The summed E-state index contributed by atoms with van der Waals surface area (Å²) in [7, 11) is 0. The Kier molecular flexibility index (Phi) is 5.35. The van der Waals surface area contributed by atoms with Crippen molar-refractivity contribution in [2.45, 2.75) is 32.9 Å². The van der Waals surface area contributed by atoms with Gasteiger partial charge >= 0.3 is 5.97 Å². The first-order valence-electron chi connectivity index (χ1n) is 8.68. The average molecular weight is 384 g/mol. The third-order valence-corrected chi connectivity index (χ3v) is 4.35. The molecule has 5 nitrogen and oxygen atoms in total. The molecule has 0 atom stereocenters. The maximum absolute atomic E-state index is 11.9. The molecular weight excluding hydrogens is 362 g/mol. The zero-order chi connectivity index (χ0) is 19.6. The third kappa shape index (κ3) is 4.38. The molecule has 0 aliphatic carbocycles. The quantitative estimate of drug-likeness (QED) is 0.665. The highest BCUT2D eigenvalue weighted by Gasteiger charge is 2.25. The lowest BCUT2D eigenvalue weighted by Crippen LogP contribution is -2.35. The highest BCUT2D eigenvalue weighted by Crippen LogP contribution is 2.30. The molecule has 3 rings (SSSR count). The van der Waals surface area contributed by atoms with Gasteiger partial charge in [-0.2, -0.15) is 5.10 Å². The van der Waals surface area contributed by atoms with Gasteiger partial charge in [0.15, 0.2) is 5.69 Å². The van der Waals surface area contributed by atoms with Gasteiger partial charge in [-0.15, -0.1) is 0 Å². The Morgan fingerprint density at radius 2 is 1.74 bits per heavy atom. The van der Waals surface area contributed by atoms with E-state index >= 15 is 0 Å². The van der Waals surface area contributed by atoms with Crippen LogP contribution < -0.4 is 5.32 Å². The summed E-state index contributed by atoms with van der Waals surface area (Å²) < 4.78 is 1.68. The largest absolute Gasteiger partial charge is 0.476 e.